The van der Waals surface area contributed by atoms with Gasteiger partial charge in [0.2, 0.25) is 0 Å². The van der Waals surface area contributed by atoms with Gasteiger partial charge in [0.25, 0.3) is 0 Å². The molecule has 1 fully saturated rings. The molecule has 1 aliphatic rings. The van der Waals surface area contributed by atoms with E-state index in [1.165, 1.54) is 0 Å². The molecule has 3 heterocycles. The Morgan fingerprint density at radius 2 is 1.84 bits per heavy atom. The molecular formula is C23H27ClN4O3. The third kappa shape index (κ3) is 5.83. The summed E-state index contributed by atoms with van der Waals surface area (Å²) in [6.07, 6.45) is 3.45. The van der Waals surface area contributed by atoms with Crippen LogP contribution in [0.15, 0.2) is 53.3 Å². The van der Waals surface area contributed by atoms with Crippen LogP contribution in [0.25, 0.3) is 11.3 Å². The Morgan fingerprint density at radius 3 is 2.61 bits per heavy atom. The van der Waals surface area contributed by atoms with E-state index >= 15 is 0 Å². The molecule has 0 atom stereocenters. The van der Waals surface area contributed by atoms with E-state index in [2.05, 4.69) is 26.0 Å². The number of ether oxygens (including phenoxy) is 2. The van der Waals surface area contributed by atoms with Crippen molar-refractivity contribution in [3.63, 3.8) is 0 Å². The Balaban J connectivity index is 1.33. The third-order valence-electron chi connectivity index (χ3n) is 5.42. The largest absolute Gasteiger partial charge is 0.484 e. The van der Waals surface area contributed by atoms with Crippen LogP contribution in [-0.4, -0.2) is 66.4 Å². The molecule has 2 aromatic heterocycles. The Labute approximate surface area is 187 Å². The first kappa shape index (κ1) is 21.8. The zero-order chi connectivity index (χ0) is 21.5. The van der Waals surface area contributed by atoms with Gasteiger partial charge in [0, 0.05) is 70.4 Å². The number of hydrogen-bond donors (Lipinski definition) is 0. The average Bonchev–Trinajstić information content (AvgIpc) is 3.29. The Kier molecular flexibility index (Phi) is 7.53. The molecule has 7 nitrogen and oxygen atoms in total. The van der Waals surface area contributed by atoms with Crippen molar-refractivity contribution >= 4 is 11.6 Å². The predicted molar refractivity (Wildman–Crippen MR) is 119 cm³/mol. The Morgan fingerprint density at radius 1 is 1.06 bits per heavy atom. The highest BCUT2D eigenvalue weighted by Crippen LogP contribution is 2.30. The molecule has 0 saturated carbocycles. The van der Waals surface area contributed by atoms with Gasteiger partial charge in [-0.15, -0.1) is 0 Å². The number of piperazine rings is 1. The highest BCUT2D eigenvalue weighted by Gasteiger charge is 2.18. The van der Waals surface area contributed by atoms with Gasteiger partial charge in [0.05, 0.1) is 11.6 Å². The first-order valence-corrected chi connectivity index (χ1v) is 10.8. The van der Waals surface area contributed by atoms with E-state index < -0.39 is 0 Å². The molecule has 1 aliphatic heterocycles. The molecule has 31 heavy (non-hydrogen) atoms. The van der Waals surface area contributed by atoms with Gasteiger partial charge in [0.15, 0.2) is 5.76 Å². The predicted octanol–water partition coefficient (Wildman–Crippen LogP) is 3.73. The van der Waals surface area contributed by atoms with Crippen molar-refractivity contribution in [2.24, 2.45) is 0 Å². The fourth-order valence-electron chi connectivity index (χ4n) is 3.61. The monoisotopic (exact) mass is 442 g/mol. The van der Waals surface area contributed by atoms with Gasteiger partial charge in [-0.05, 0) is 23.8 Å². The summed E-state index contributed by atoms with van der Waals surface area (Å²) in [5, 5.41) is 4.76. The quantitative estimate of drug-likeness (QED) is 0.500. The van der Waals surface area contributed by atoms with Crippen molar-refractivity contribution in [2.45, 2.75) is 13.2 Å². The van der Waals surface area contributed by atoms with Crippen LogP contribution in [0.3, 0.4) is 0 Å². The van der Waals surface area contributed by atoms with Gasteiger partial charge >= 0.3 is 0 Å². The van der Waals surface area contributed by atoms with E-state index in [4.69, 9.17) is 25.6 Å². The lowest BCUT2D eigenvalue weighted by Crippen LogP contribution is -2.46. The van der Waals surface area contributed by atoms with Crippen LogP contribution in [-0.2, 0) is 17.9 Å². The number of nitrogens with zero attached hydrogens (tertiary/aromatic N) is 4. The molecular weight excluding hydrogens is 416 g/mol. The molecule has 0 radical (unpaired) electrons. The molecule has 0 spiro atoms. The van der Waals surface area contributed by atoms with Gasteiger partial charge < -0.3 is 14.0 Å². The van der Waals surface area contributed by atoms with E-state index in [0.717, 1.165) is 62.7 Å². The third-order valence-corrected chi connectivity index (χ3v) is 5.85. The summed E-state index contributed by atoms with van der Waals surface area (Å²) in [6, 6.07) is 11.6. The number of halogens is 1. The van der Waals surface area contributed by atoms with Crippen molar-refractivity contribution in [1.29, 1.82) is 0 Å². The van der Waals surface area contributed by atoms with Crippen LogP contribution >= 0.6 is 11.6 Å². The van der Waals surface area contributed by atoms with Crippen LogP contribution in [0.2, 0.25) is 5.02 Å². The highest BCUT2D eigenvalue weighted by atomic mass is 35.5. The molecule has 164 valence electrons. The van der Waals surface area contributed by atoms with Crippen LogP contribution in [0, 0.1) is 0 Å². The molecule has 3 aromatic rings. The van der Waals surface area contributed by atoms with Gasteiger partial charge in [-0.1, -0.05) is 28.9 Å². The minimum Gasteiger partial charge on any atom is -0.484 e. The topological polar surface area (TPSA) is 63.9 Å². The van der Waals surface area contributed by atoms with E-state index in [1.807, 2.05) is 30.3 Å². The average molecular weight is 443 g/mol. The van der Waals surface area contributed by atoms with Crippen LogP contribution < -0.4 is 4.74 Å². The Hall–Kier alpha value is -2.45. The molecule has 4 rings (SSSR count). The normalized spacial score (nSPS) is 15.3. The molecule has 1 aromatic carbocycles. The van der Waals surface area contributed by atoms with E-state index in [9.17, 15) is 0 Å². The lowest BCUT2D eigenvalue weighted by Gasteiger charge is -2.34. The molecule has 0 unspecified atom stereocenters. The second kappa shape index (κ2) is 10.7. The standard InChI is InChI=1S/C23H27ClN4O3/c1-29-14-13-27-9-11-28(12-10-27)16-19-3-2-4-22(23(19)24)30-17-20-15-21(26-31-20)18-5-7-25-8-6-18/h2-8,15H,9-14,16-17H2,1H3. The van der Waals surface area contributed by atoms with Crippen molar-refractivity contribution in [3.05, 3.63) is 65.1 Å². The maximum atomic E-state index is 6.66. The summed E-state index contributed by atoms with van der Waals surface area (Å²) in [6.45, 7) is 6.95. The number of rotatable bonds is 9. The molecule has 1 saturated heterocycles. The summed E-state index contributed by atoms with van der Waals surface area (Å²) < 4.78 is 16.5. The number of hydrogen-bond acceptors (Lipinski definition) is 7. The highest BCUT2D eigenvalue weighted by molar-refractivity contribution is 6.32. The second-order valence-corrected chi connectivity index (χ2v) is 7.92. The van der Waals surface area contributed by atoms with E-state index in [1.54, 1.807) is 19.5 Å². The summed E-state index contributed by atoms with van der Waals surface area (Å²) in [4.78, 5) is 8.87. The van der Waals surface area contributed by atoms with Crippen molar-refractivity contribution < 1.29 is 14.0 Å². The number of methoxy groups -OCH3 is 1. The van der Waals surface area contributed by atoms with Crippen LogP contribution in [0.4, 0.5) is 0 Å². The van der Waals surface area contributed by atoms with Crippen molar-refractivity contribution in [1.82, 2.24) is 19.9 Å². The van der Waals surface area contributed by atoms with Gasteiger partial charge in [-0.3, -0.25) is 14.8 Å². The lowest BCUT2D eigenvalue weighted by molar-refractivity contribution is 0.0938. The first-order valence-electron chi connectivity index (χ1n) is 10.4. The van der Waals surface area contributed by atoms with E-state index in [0.29, 0.717) is 16.5 Å². The fourth-order valence-corrected chi connectivity index (χ4v) is 3.85. The summed E-state index contributed by atoms with van der Waals surface area (Å²) in [5.41, 5.74) is 2.78. The van der Waals surface area contributed by atoms with Crippen molar-refractivity contribution in [2.75, 3.05) is 46.4 Å². The summed E-state index contributed by atoms with van der Waals surface area (Å²) in [7, 11) is 1.75. The summed E-state index contributed by atoms with van der Waals surface area (Å²) >= 11 is 6.66. The molecule has 8 heteroatoms. The number of pyridine rings is 1. The molecule has 0 amide bonds. The van der Waals surface area contributed by atoms with Gasteiger partial charge in [-0.25, -0.2) is 0 Å². The second-order valence-electron chi connectivity index (χ2n) is 7.54. The van der Waals surface area contributed by atoms with Crippen LogP contribution in [0.5, 0.6) is 5.75 Å². The molecule has 0 aliphatic carbocycles. The minimum atomic E-state index is 0.263. The fraction of sp³-hybridized carbons (Fsp3) is 0.391. The first-order chi connectivity index (χ1) is 15.2. The zero-order valence-electron chi connectivity index (χ0n) is 17.7. The maximum absolute atomic E-state index is 6.66. The zero-order valence-corrected chi connectivity index (χ0v) is 18.4. The van der Waals surface area contributed by atoms with Crippen molar-refractivity contribution in [3.8, 4) is 17.0 Å². The Bertz CT molecular complexity index is 958. The van der Waals surface area contributed by atoms with Gasteiger partial charge in [0.1, 0.15) is 18.1 Å². The SMILES string of the molecule is COCCN1CCN(Cc2cccc(OCc3cc(-c4ccncc4)no3)c2Cl)CC1. The summed E-state index contributed by atoms with van der Waals surface area (Å²) in [5.74, 6) is 1.29. The van der Waals surface area contributed by atoms with Gasteiger partial charge in [-0.2, -0.15) is 0 Å². The number of aromatic nitrogens is 2. The van der Waals surface area contributed by atoms with Crippen LogP contribution in [0.1, 0.15) is 11.3 Å². The van der Waals surface area contributed by atoms with E-state index in [-0.39, 0.29) is 6.61 Å². The maximum Gasteiger partial charge on any atom is 0.174 e. The lowest BCUT2D eigenvalue weighted by atomic mass is 10.2. The molecule has 0 bridgehead atoms. The number of benzene rings is 1. The minimum absolute atomic E-state index is 0.263. The molecule has 0 N–H and O–H groups in total. The smallest absolute Gasteiger partial charge is 0.174 e.